The summed E-state index contributed by atoms with van der Waals surface area (Å²) < 4.78 is 6.23. The van der Waals surface area contributed by atoms with Crippen molar-refractivity contribution in [3.8, 4) is 5.75 Å². The monoisotopic (exact) mass is 390 g/mol. The van der Waals surface area contributed by atoms with Gasteiger partial charge < -0.3 is 0 Å². The van der Waals surface area contributed by atoms with Gasteiger partial charge in [-0.15, -0.1) is 0 Å². The Morgan fingerprint density at radius 3 is 1.83 bits per heavy atom. The second-order valence-corrected chi connectivity index (χ2v) is 15.5. The molecule has 0 N–H and O–H groups in total. The van der Waals surface area contributed by atoms with Crippen LogP contribution in [0.15, 0.2) is 6.07 Å². The van der Waals surface area contributed by atoms with Crippen LogP contribution in [0.1, 0.15) is 20.8 Å². The third-order valence-corrected chi connectivity index (χ3v) is 14.5. The maximum atomic E-state index is 6.23. The van der Waals surface area contributed by atoms with E-state index in [0.717, 1.165) is 15.8 Å². The van der Waals surface area contributed by atoms with Crippen LogP contribution in [0.3, 0.4) is 0 Å². The van der Waals surface area contributed by atoms with Crippen molar-refractivity contribution in [1.29, 1.82) is 0 Å². The van der Waals surface area contributed by atoms with Crippen molar-refractivity contribution >= 4 is 60.0 Å². The fraction of sp³-hybridized carbons (Fsp3) is 0.500. The summed E-state index contributed by atoms with van der Waals surface area (Å²) in [6.07, 6.45) is 0. The van der Waals surface area contributed by atoms with E-state index < -0.39 is 13.6 Å². The van der Waals surface area contributed by atoms with Crippen LogP contribution < -0.4 is 3.76 Å². The standard InChI is InChI=1S/C12H16Cl4GeO/c1-4-17(5-2,6-3)18-9-7-8(13)10(14)12(16)11(9)15/h7H,4-6H2,1-3H3. The molecule has 1 nitrogen and oxygen atoms in total. The first-order valence-corrected chi connectivity index (χ1v) is 12.7. The summed E-state index contributed by atoms with van der Waals surface area (Å²) in [5, 5.41) is 4.49. The normalized spacial score (nSPS) is 11.7. The van der Waals surface area contributed by atoms with E-state index in [1.165, 1.54) is 0 Å². The molecule has 0 aliphatic rings. The van der Waals surface area contributed by atoms with E-state index in [9.17, 15) is 0 Å². The first-order chi connectivity index (χ1) is 8.40. The van der Waals surface area contributed by atoms with Crippen LogP contribution in [0, 0.1) is 0 Å². The van der Waals surface area contributed by atoms with Crippen LogP contribution in [0.25, 0.3) is 0 Å². The van der Waals surface area contributed by atoms with Crippen molar-refractivity contribution in [3.63, 3.8) is 0 Å². The molecule has 0 fully saturated rings. The molecule has 0 bridgehead atoms. The Bertz CT molecular complexity index is 424. The number of benzene rings is 1. The molecule has 0 heterocycles. The Balaban J connectivity index is 3.19. The van der Waals surface area contributed by atoms with E-state index in [2.05, 4.69) is 20.8 Å². The predicted octanol–water partition coefficient (Wildman–Crippen LogP) is 6.68. The summed E-state index contributed by atoms with van der Waals surface area (Å²) in [4.78, 5) is 0. The molecular formula is C12H16Cl4GeO. The zero-order chi connectivity index (χ0) is 13.9. The average Bonchev–Trinajstić information content (AvgIpc) is 2.39. The van der Waals surface area contributed by atoms with Gasteiger partial charge >= 0.3 is 132 Å². The molecule has 6 heteroatoms. The Kier molecular flexibility index (Phi) is 6.47. The minimum atomic E-state index is -2.34. The summed E-state index contributed by atoms with van der Waals surface area (Å²) >= 11 is 21.8. The van der Waals surface area contributed by atoms with E-state index in [-0.39, 0.29) is 10.0 Å². The molecule has 102 valence electrons. The SMILES string of the molecule is C[CH2][Ge]([CH2]C)([CH2]C)[O]c1cc(Cl)c(Cl)c(Cl)c1Cl. The Hall–Kier alpha value is 0.723. The molecule has 0 atom stereocenters. The van der Waals surface area contributed by atoms with E-state index in [4.69, 9.17) is 50.2 Å². The number of rotatable bonds is 5. The molecule has 18 heavy (non-hydrogen) atoms. The van der Waals surface area contributed by atoms with Gasteiger partial charge in [0.05, 0.1) is 0 Å². The van der Waals surface area contributed by atoms with Crippen molar-refractivity contribution in [2.45, 2.75) is 36.5 Å². The molecule has 0 aliphatic carbocycles. The van der Waals surface area contributed by atoms with Crippen LogP contribution in [0.5, 0.6) is 5.75 Å². The third kappa shape index (κ3) is 3.43. The van der Waals surface area contributed by atoms with Gasteiger partial charge in [0.1, 0.15) is 0 Å². The van der Waals surface area contributed by atoms with Gasteiger partial charge in [-0.25, -0.2) is 0 Å². The fourth-order valence-corrected chi connectivity index (χ4v) is 8.15. The van der Waals surface area contributed by atoms with Gasteiger partial charge in [-0.1, -0.05) is 0 Å². The topological polar surface area (TPSA) is 9.23 Å². The zero-order valence-electron chi connectivity index (χ0n) is 10.6. The van der Waals surface area contributed by atoms with Crippen LogP contribution in [-0.2, 0) is 0 Å². The van der Waals surface area contributed by atoms with Crippen molar-refractivity contribution < 1.29 is 3.76 Å². The van der Waals surface area contributed by atoms with Gasteiger partial charge in [-0.3, -0.25) is 0 Å². The van der Waals surface area contributed by atoms with Crippen molar-refractivity contribution in [1.82, 2.24) is 0 Å². The van der Waals surface area contributed by atoms with Gasteiger partial charge in [0.25, 0.3) is 0 Å². The van der Waals surface area contributed by atoms with Gasteiger partial charge in [-0.2, -0.15) is 0 Å². The fourth-order valence-electron chi connectivity index (χ4n) is 1.83. The van der Waals surface area contributed by atoms with E-state index in [1.807, 2.05) is 0 Å². The maximum absolute atomic E-state index is 6.23. The van der Waals surface area contributed by atoms with E-state index >= 15 is 0 Å². The number of hydrogen-bond acceptors (Lipinski definition) is 1. The first-order valence-electron chi connectivity index (χ1n) is 5.92. The molecule has 0 radical (unpaired) electrons. The molecule has 0 aromatic heterocycles. The van der Waals surface area contributed by atoms with Gasteiger partial charge in [-0.05, 0) is 0 Å². The van der Waals surface area contributed by atoms with Crippen LogP contribution in [-0.4, -0.2) is 13.6 Å². The van der Waals surface area contributed by atoms with Crippen LogP contribution >= 0.6 is 46.4 Å². The molecule has 0 spiro atoms. The summed E-state index contributed by atoms with van der Waals surface area (Å²) in [6, 6.07) is 1.67. The molecule has 0 aliphatic heterocycles. The first kappa shape index (κ1) is 16.8. The van der Waals surface area contributed by atoms with Crippen molar-refractivity contribution in [2.24, 2.45) is 0 Å². The Labute approximate surface area is 131 Å². The average molecular weight is 391 g/mol. The summed E-state index contributed by atoms with van der Waals surface area (Å²) in [7, 11) is 0. The second kappa shape index (κ2) is 6.94. The van der Waals surface area contributed by atoms with Crippen molar-refractivity contribution in [3.05, 3.63) is 26.2 Å². The quantitative estimate of drug-likeness (QED) is 0.309. The van der Waals surface area contributed by atoms with Gasteiger partial charge in [0, 0.05) is 0 Å². The van der Waals surface area contributed by atoms with E-state index in [0.29, 0.717) is 15.8 Å². The van der Waals surface area contributed by atoms with Crippen LogP contribution in [0.2, 0.25) is 35.9 Å². The predicted molar refractivity (Wildman–Crippen MR) is 84.3 cm³/mol. The Morgan fingerprint density at radius 1 is 0.889 bits per heavy atom. The summed E-state index contributed by atoms with van der Waals surface area (Å²) in [5.74, 6) is 0.571. The summed E-state index contributed by atoms with van der Waals surface area (Å²) in [6.45, 7) is 6.50. The zero-order valence-corrected chi connectivity index (χ0v) is 15.7. The molecule has 1 aromatic rings. The Morgan fingerprint density at radius 2 is 1.39 bits per heavy atom. The molecular weight excluding hydrogens is 375 g/mol. The third-order valence-electron chi connectivity index (χ3n) is 3.33. The molecule has 0 saturated carbocycles. The number of halogens is 4. The molecule has 0 saturated heterocycles. The van der Waals surface area contributed by atoms with Crippen molar-refractivity contribution in [2.75, 3.05) is 0 Å². The summed E-state index contributed by atoms with van der Waals surface area (Å²) in [5.41, 5.74) is 0. The molecule has 0 amide bonds. The number of hydrogen-bond donors (Lipinski definition) is 0. The van der Waals surface area contributed by atoms with Crippen LogP contribution in [0.4, 0.5) is 0 Å². The minimum absolute atomic E-state index is 0.264. The van der Waals surface area contributed by atoms with E-state index in [1.54, 1.807) is 6.07 Å². The molecule has 1 rings (SSSR count). The van der Waals surface area contributed by atoms with Gasteiger partial charge in [0.2, 0.25) is 0 Å². The second-order valence-electron chi connectivity index (χ2n) is 4.14. The molecule has 0 unspecified atom stereocenters. The van der Waals surface area contributed by atoms with Gasteiger partial charge in [0.15, 0.2) is 0 Å². The molecule has 1 aromatic carbocycles.